The molecular formula is C16H13FN2. The maximum Gasteiger partial charge on any atom is 0.151 e. The predicted octanol–water partition coefficient (Wildman–Crippen LogP) is 3.78. The van der Waals surface area contributed by atoms with E-state index in [9.17, 15) is 4.39 Å². The van der Waals surface area contributed by atoms with Gasteiger partial charge in [0.2, 0.25) is 0 Å². The Balaban J connectivity index is 1.89. The lowest BCUT2D eigenvalue weighted by atomic mass is 9.95. The summed E-state index contributed by atoms with van der Waals surface area (Å²) in [6.45, 7) is 0. The first-order valence-corrected chi connectivity index (χ1v) is 6.50. The number of aromatic amines is 1. The number of imidazole rings is 1. The summed E-state index contributed by atoms with van der Waals surface area (Å²) >= 11 is 0. The molecule has 1 aliphatic carbocycles. The maximum absolute atomic E-state index is 13.7. The molecule has 0 spiro atoms. The highest BCUT2D eigenvalue weighted by Gasteiger charge is 2.48. The number of para-hydroxylation sites is 1. The Kier molecular flexibility index (Phi) is 2.07. The van der Waals surface area contributed by atoms with Gasteiger partial charge < -0.3 is 4.98 Å². The smallest absolute Gasteiger partial charge is 0.151 e. The Bertz CT molecular complexity index is 742. The predicted molar refractivity (Wildman–Crippen MR) is 72.5 cm³/mol. The molecular weight excluding hydrogens is 239 g/mol. The van der Waals surface area contributed by atoms with E-state index in [2.05, 4.69) is 22.1 Å². The lowest BCUT2D eigenvalue weighted by Gasteiger charge is -2.12. The third-order valence-electron chi connectivity index (χ3n) is 3.99. The standard InChI is InChI=1S/C16H13FN2/c17-12-7-4-8-13-14(12)19-15(18-13)16(9-10-16)11-5-2-1-3-6-11/h1-8H,9-10H2,(H,18,19). The van der Waals surface area contributed by atoms with E-state index in [1.54, 1.807) is 6.07 Å². The Hall–Kier alpha value is -2.16. The number of aromatic nitrogens is 2. The van der Waals surface area contributed by atoms with Crippen LogP contribution < -0.4 is 0 Å². The molecule has 0 bridgehead atoms. The summed E-state index contributed by atoms with van der Waals surface area (Å²) in [5.74, 6) is 0.627. The number of nitrogens with zero attached hydrogens (tertiary/aromatic N) is 1. The van der Waals surface area contributed by atoms with Crippen LogP contribution >= 0.6 is 0 Å². The summed E-state index contributed by atoms with van der Waals surface area (Å²) in [7, 11) is 0. The highest BCUT2D eigenvalue weighted by Crippen LogP contribution is 2.52. The van der Waals surface area contributed by atoms with Gasteiger partial charge >= 0.3 is 0 Å². The van der Waals surface area contributed by atoms with Gasteiger partial charge in [-0.1, -0.05) is 36.4 Å². The van der Waals surface area contributed by atoms with Crippen LogP contribution in [0.5, 0.6) is 0 Å². The van der Waals surface area contributed by atoms with E-state index in [4.69, 9.17) is 0 Å². The number of fused-ring (bicyclic) bond motifs is 1. The van der Waals surface area contributed by atoms with Crippen molar-refractivity contribution in [1.29, 1.82) is 0 Å². The fourth-order valence-corrected chi connectivity index (χ4v) is 2.77. The highest BCUT2D eigenvalue weighted by atomic mass is 19.1. The summed E-state index contributed by atoms with van der Waals surface area (Å²) in [6, 6.07) is 15.4. The normalized spacial score (nSPS) is 16.7. The van der Waals surface area contributed by atoms with Gasteiger partial charge in [-0.25, -0.2) is 9.37 Å². The summed E-state index contributed by atoms with van der Waals surface area (Å²) in [6.07, 6.45) is 2.14. The number of rotatable bonds is 2. The van der Waals surface area contributed by atoms with E-state index in [-0.39, 0.29) is 11.2 Å². The highest BCUT2D eigenvalue weighted by molar-refractivity contribution is 5.76. The molecule has 1 fully saturated rings. The van der Waals surface area contributed by atoms with Gasteiger partial charge in [-0.2, -0.15) is 0 Å². The third-order valence-corrected chi connectivity index (χ3v) is 3.99. The maximum atomic E-state index is 13.7. The Morgan fingerprint density at radius 1 is 1.00 bits per heavy atom. The summed E-state index contributed by atoms with van der Waals surface area (Å²) in [5, 5.41) is 0. The van der Waals surface area contributed by atoms with Gasteiger partial charge in [0.15, 0.2) is 5.82 Å². The summed E-state index contributed by atoms with van der Waals surface area (Å²) in [4.78, 5) is 7.78. The third kappa shape index (κ3) is 1.51. The average molecular weight is 252 g/mol. The van der Waals surface area contributed by atoms with Crippen molar-refractivity contribution in [2.75, 3.05) is 0 Å². The van der Waals surface area contributed by atoms with Gasteiger partial charge in [-0.05, 0) is 30.5 Å². The number of hydrogen-bond acceptors (Lipinski definition) is 1. The van der Waals surface area contributed by atoms with Crippen molar-refractivity contribution < 1.29 is 4.39 Å². The molecule has 1 aliphatic rings. The molecule has 1 heterocycles. The number of H-pyrrole nitrogens is 1. The van der Waals surface area contributed by atoms with E-state index in [0.29, 0.717) is 5.52 Å². The van der Waals surface area contributed by atoms with E-state index in [1.165, 1.54) is 11.6 Å². The van der Waals surface area contributed by atoms with Crippen molar-refractivity contribution in [3.63, 3.8) is 0 Å². The number of benzene rings is 2. The first kappa shape index (κ1) is 10.7. The van der Waals surface area contributed by atoms with Crippen LogP contribution in [0.4, 0.5) is 4.39 Å². The number of nitrogens with one attached hydrogen (secondary N) is 1. The van der Waals surface area contributed by atoms with Gasteiger partial charge in [0.05, 0.1) is 10.9 Å². The lowest BCUT2D eigenvalue weighted by Crippen LogP contribution is -2.10. The van der Waals surface area contributed by atoms with Crippen LogP contribution in [0.15, 0.2) is 48.5 Å². The summed E-state index contributed by atoms with van der Waals surface area (Å²) < 4.78 is 13.7. The minimum absolute atomic E-state index is 0.0350. The van der Waals surface area contributed by atoms with E-state index >= 15 is 0 Å². The van der Waals surface area contributed by atoms with Crippen LogP contribution in [0.2, 0.25) is 0 Å². The van der Waals surface area contributed by atoms with Crippen molar-refractivity contribution in [3.05, 3.63) is 65.7 Å². The second-order valence-corrected chi connectivity index (χ2v) is 5.17. The molecule has 0 saturated heterocycles. The van der Waals surface area contributed by atoms with Crippen LogP contribution in [-0.2, 0) is 5.41 Å². The molecule has 0 atom stereocenters. The zero-order valence-corrected chi connectivity index (χ0v) is 10.4. The van der Waals surface area contributed by atoms with Crippen LogP contribution in [0.3, 0.4) is 0 Å². The molecule has 2 nitrogen and oxygen atoms in total. The Labute approximate surface area is 110 Å². The molecule has 1 N–H and O–H groups in total. The quantitative estimate of drug-likeness (QED) is 0.738. The van der Waals surface area contributed by atoms with E-state index < -0.39 is 0 Å². The molecule has 94 valence electrons. The Morgan fingerprint density at radius 2 is 1.79 bits per heavy atom. The van der Waals surface area contributed by atoms with E-state index in [1.807, 2.05) is 24.3 Å². The van der Waals surface area contributed by atoms with Crippen molar-refractivity contribution in [2.45, 2.75) is 18.3 Å². The van der Waals surface area contributed by atoms with E-state index in [0.717, 1.165) is 24.2 Å². The molecule has 2 aromatic carbocycles. The molecule has 0 aliphatic heterocycles. The minimum Gasteiger partial charge on any atom is -0.341 e. The topological polar surface area (TPSA) is 28.7 Å². The van der Waals surface area contributed by atoms with Gasteiger partial charge in [-0.3, -0.25) is 0 Å². The molecule has 3 aromatic rings. The van der Waals surface area contributed by atoms with Crippen LogP contribution in [0, 0.1) is 5.82 Å². The molecule has 0 amide bonds. The van der Waals surface area contributed by atoms with Gasteiger partial charge in [0.1, 0.15) is 11.3 Å². The molecule has 3 heteroatoms. The Morgan fingerprint density at radius 3 is 2.47 bits per heavy atom. The zero-order chi connectivity index (χ0) is 12.9. The lowest BCUT2D eigenvalue weighted by molar-refractivity contribution is 0.636. The van der Waals surface area contributed by atoms with Crippen LogP contribution in [-0.4, -0.2) is 9.97 Å². The minimum atomic E-state index is -0.260. The number of hydrogen-bond donors (Lipinski definition) is 1. The second-order valence-electron chi connectivity index (χ2n) is 5.17. The van der Waals surface area contributed by atoms with Gasteiger partial charge in [0, 0.05) is 0 Å². The fourth-order valence-electron chi connectivity index (χ4n) is 2.77. The van der Waals surface area contributed by atoms with Gasteiger partial charge in [0.25, 0.3) is 0 Å². The summed E-state index contributed by atoms with van der Waals surface area (Å²) in [5.41, 5.74) is 2.44. The number of halogens is 1. The van der Waals surface area contributed by atoms with Gasteiger partial charge in [-0.15, -0.1) is 0 Å². The largest absolute Gasteiger partial charge is 0.341 e. The monoisotopic (exact) mass is 252 g/mol. The molecule has 19 heavy (non-hydrogen) atoms. The first-order chi connectivity index (χ1) is 9.29. The molecule has 1 saturated carbocycles. The molecule has 1 aromatic heterocycles. The zero-order valence-electron chi connectivity index (χ0n) is 10.4. The van der Waals surface area contributed by atoms with Crippen molar-refractivity contribution >= 4 is 11.0 Å². The second kappa shape index (κ2) is 3.67. The van der Waals surface area contributed by atoms with Crippen molar-refractivity contribution in [3.8, 4) is 0 Å². The van der Waals surface area contributed by atoms with Crippen LogP contribution in [0.25, 0.3) is 11.0 Å². The van der Waals surface area contributed by atoms with Crippen molar-refractivity contribution in [2.24, 2.45) is 0 Å². The van der Waals surface area contributed by atoms with Crippen molar-refractivity contribution in [1.82, 2.24) is 9.97 Å². The molecule has 0 unspecified atom stereocenters. The first-order valence-electron chi connectivity index (χ1n) is 6.50. The van der Waals surface area contributed by atoms with Crippen LogP contribution in [0.1, 0.15) is 24.2 Å². The molecule has 4 rings (SSSR count). The molecule has 0 radical (unpaired) electrons. The SMILES string of the molecule is Fc1cccc2[nH]c(C3(c4ccccc4)CC3)nc12. The fraction of sp³-hybridized carbons (Fsp3) is 0.188. The average Bonchev–Trinajstić information content (AvgIpc) is 3.14.